The van der Waals surface area contributed by atoms with Gasteiger partial charge >= 0.3 is 0 Å². The number of hydrogen-bond donors (Lipinski definition) is 1. The van der Waals surface area contributed by atoms with Gasteiger partial charge in [0.15, 0.2) is 0 Å². The van der Waals surface area contributed by atoms with Gasteiger partial charge in [-0.3, -0.25) is 4.79 Å². The smallest absolute Gasteiger partial charge is 0.254 e. The predicted molar refractivity (Wildman–Crippen MR) is 67.3 cm³/mol. The van der Waals surface area contributed by atoms with Crippen molar-refractivity contribution in [1.29, 1.82) is 0 Å². The van der Waals surface area contributed by atoms with E-state index in [9.17, 15) is 9.18 Å². The Bertz CT molecular complexity index is 382. The lowest BCUT2D eigenvalue weighted by Crippen LogP contribution is -2.36. The fraction of sp³-hybridized carbons (Fsp3) is 0.462. The highest BCUT2D eigenvalue weighted by atomic mass is 19.1. The van der Waals surface area contributed by atoms with Gasteiger partial charge in [-0.15, -0.1) is 0 Å². The van der Waals surface area contributed by atoms with E-state index in [1.54, 1.807) is 11.9 Å². The zero-order chi connectivity index (χ0) is 13.0. The first-order valence-corrected chi connectivity index (χ1v) is 5.82. The van der Waals surface area contributed by atoms with Gasteiger partial charge in [0.05, 0.1) is 0 Å². The van der Waals surface area contributed by atoms with Gasteiger partial charge in [-0.25, -0.2) is 4.39 Å². The van der Waals surface area contributed by atoms with Gasteiger partial charge in [-0.2, -0.15) is 0 Å². The van der Waals surface area contributed by atoms with Crippen LogP contribution < -0.4 is 5.73 Å². The Balaban J connectivity index is 2.95. The quantitative estimate of drug-likeness (QED) is 0.820. The van der Waals surface area contributed by atoms with E-state index in [2.05, 4.69) is 0 Å². The van der Waals surface area contributed by atoms with Crippen LogP contribution in [0.3, 0.4) is 0 Å². The number of anilines is 1. The van der Waals surface area contributed by atoms with Crippen molar-refractivity contribution in [2.75, 3.05) is 12.8 Å². The molecule has 0 aliphatic carbocycles. The van der Waals surface area contributed by atoms with E-state index >= 15 is 0 Å². The topological polar surface area (TPSA) is 46.3 Å². The molecule has 17 heavy (non-hydrogen) atoms. The number of rotatable bonds is 4. The van der Waals surface area contributed by atoms with Crippen LogP contribution >= 0.6 is 0 Å². The van der Waals surface area contributed by atoms with Crippen LogP contribution in [0.15, 0.2) is 18.2 Å². The average Bonchev–Trinajstić information content (AvgIpc) is 2.28. The number of halogens is 1. The van der Waals surface area contributed by atoms with Gasteiger partial charge in [-0.1, -0.05) is 13.8 Å². The third kappa shape index (κ3) is 3.19. The first kappa shape index (κ1) is 13.5. The minimum atomic E-state index is -0.480. The third-order valence-electron chi connectivity index (χ3n) is 2.98. The second-order valence-electron chi connectivity index (χ2n) is 4.16. The molecule has 0 radical (unpaired) electrons. The normalized spacial score (nSPS) is 10.6. The van der Waals surface area contributed by atoms with Gasteiger partial charge in [0.2, 0.25) is 0 Å². The van der Waals surface area contributed by atoms with Crippen LogP contribution in [0.4, 0.5) is 10.1 Å². The fourth-order valence-electron chi connectivity index (χ4n) is 1.94. The lowest BCUT2D eigenvalue weighted by molar-refractivity contribution is 0.0723. The summed E-state index contributed by atoms with van der Waals surface area (Å²) in [7, 11) is 1.74. The molecule has 1 aromatic carbocycles. The van der Waals surface area contributed by atoms with Crippen LogP contribution in [0.1, 0.15) is 37.0 Å². The molecule has 1 aromatic rings. The van der Waals surface area contributed by atoms with E-state index < -0.39 is 5.82 Å². The van der Waals surface area contributed by atoms with Crippen molar-refractivity contribution in [1.82, 2.24) is 4.90 Å². The molecule has 0 saturated heterocycles. The molecule has 0 aliphatic rings. The zero-order valence-electron chi connectivity index (χ0n) is 10.5. The molecule has 0 unspecified atom stereocenters. The van der Waals surface area contributed by atoms with Crippen LogP contribution in [0.2, 0.25) is 0 Å². The number of hydrogen-bond acceptors (Lipinski definition) is 2. The Morgan fingerprint density at radius 2 is 1.94 bits per heavy atom. The zero-order valence-corrected chi connectivity index (χ0v) is 10.5. The number of benzene rings is 1. The van der Waals surface area contributed by atoms with Crippen molar-refractivity contribution in [3.05, 3.63) is 29.6 Å². The van der Waals surface area contributed by atoms with Gasteiger partial charge in [0, 0.05) is 24.3 Å². The molecule has 3 nitrogen and oxygen atoms in total. The molecule has 0 saturated carbocycles. The summed E-state index contributed by atoms with van der Waals surface area (Å²) in [5.41, 5.74) is 6.10. The van der Waals surface area contributed by atoms with E-state index in [0.29, 0.717) is 5.56 Å². The second-order valence-corrected chi connectivity index (χ2v) is 4.16. The van der Waals surface area contributed by atoms with Gasteiger partial charge in [0.1, 0.15) is 5.82 Å². The molecule has 0 heterocycles. The molecule has 0 spiro atoms. The van der Waals surface area contributed by atoms with Gasteiger partial charge in [0.25, 0.3) is 5.91 Å². The Hall–Kier alpha value is -1.58. The Labute approximate surface area is 101 Å². The molecule has 2 N–H and O–H groups in total. The molecule has 1 rings (SSSR count). The Morgan fingerprint density at radius 1 is 1.35 bits per heavy atom. The van der Waals surface area contributed by atoms with E-state index in [4.69, 9.17) is 5.73 Å². The lowest BCUT2D eigenvalue weighted by Gasteiger charge is -2.26. The average molecular weight is 238 g/mol. The van der Waals surface area contributed by atoms with E-state index in [1.165, 1.54) is 18.2 Å². The standard InChI is InChI=1S/C13H19FN2O/c1-4-12(5-2)16(3)13(17)9-6-10(14)8-11(15)7-9/h6-8,12H,4-5,15H2,1-3H3. The van der Waals surface area contributed by atoms with Crippen LogP contribution in [0, 0.1) is 5.82 Å². The molecule has 1 amide bonds. The minimum Gasteiger partial charge on any atom is -0.399 e. The molecule has 94 valence electrons. The minimum absolute atomic E-state index is 0.173. The number of nitrogen functional groups attached to an aromatic ring is 1. The second kappa shape index (κ2) is 5.66. The summed E-state index contributed by atoms with van der Waals surface area (Å²) >= 11 is 0. The highest BCUT2D eigenvalue weighted by Gasteiger charge is 2.18. The van der Waals surface area contributed by atoms with Crippen molar-refractivity contribution < 1.29 is 9.18 Å². The largest absolute Gasteiger partial charge is 0.399 e. The Morgan fingerprint density at radius 3 is 2.41 bits per heavy atom. The van der Waals surface area contributed by atoms with Crippen molar-refractivity contribution in [3.63, 3.8) is 0 Å². The van der Waals surface area contributed by atoms with Crippen molar-refractivity contribution in [2.24, 2.45) is 0 Å². The van der Waals surface area contributed by atoms with Crippen molar-refractivity contribution in [2.45, 2.75) is 32.7 Å². The SMILES string of the molecule is CCC(CC)N(C)C(=O)c1cc(N)cc(F)c1. The molecular weight excluding hydrogens is 219 g/mol. The first-order valence-electron chi connectivity index (χ1n) is 5.82. The Kier molecular flexibility index (Phi) is 4.49. The fourth-order valence-corrected chi connectivity index (χ4v) is 1.94. The highest BCUT2D eigenvalue weighted by molar-refractivity contribution is 5.95. The summed E-state index contributed by atoms with van der Waals surface area (Å²) in [6.07, 6.45) is 1.76. The summed E-state index contributed by atoms with van der Waals surface area (Å²) < 4.78 is 13.2. The molecular formula is C13H19FN2O. The number of carbonyl (C=O) groups excluding carboxylic acids is 1. The molecule has 0 bridgehead atoms. The lowest BCUT2D eigenvalue weighted by atomic mass is 10.1. The number of nitrogens with zero attached hydrogens (tertiary/aromatic N) is 1. The summed E-state index contributed by atoms with van der Waals surface area (Å²) in [5.74, 6) is -0.670. The summed E-state index contributed by atoms with van der Waals surface area (Å²) in [5, 5.41) is 0. The monoisotopic (exact) mass is 238 g/mol. The maximum atomic E-state index is 13.2. The predicted octanol–water partition coefficient (Wildman–Crippen LogP) is 2.67. The maximum absolute atomic E-state index is 13.2. The number of amides is 1. The molecule has 0 fully saturated rings. The van der Waals surface area contributed by atoms with E-state index in [-0.39, 0.29) is 17.6 Å². The molecule has 0 aliphatic heterocycles. The summed E-state index contributed by atoms with van der Waals surface area (Å²) in [6.45, 7) is 4.05. The van der Waals surface area contributed by atoms with Crippen LogP contribution in [0.5, 0.6) is 0 Å². The number of nitrogens with two attached hydrogens (primary N) is 1. The summed E-state index contributed by atoms with van der Waals surface area (Å²) in [6, 6.07) is 4.10. The highest BCUT2D eigenvalue weighted by Crippen LogP contribution is 2.15. The van der Waals surface area contributed by atoms with E-state index in [0.717, 1.165) is 12.8 Å². The first-order chi connectivity index (χ1) is 7.99. The maximum Gasteiger partial charge on any atom is 0.254 e. The van der Waals surface area contributed by atoms with Crippen molar-refractivity contribution >= 4 is 11.6 Å². The summed E-state index contributed by atoms with van der Waals surface area (Å²) in [4.78, 5) is 13.8. The number of carbonyl (C=O) groups is 1. The van der Waals surface area contributed by atoms with Crippen LogP contribution in [0.25, 0.3) is 0 Å². The van der Waals surface area contributed by atoms with Gasteiger partial charge in [-0.05, 0) is 31.0 Å². The molecule has 4 heteroatoms. The van der Waals surface area contributed by atoms with Crippen LogP contribution in [-0.4, -0.2) is 23.9 Å². The van der Waals surface area contributed by atoms with Crippen molar-refractivity contribution in [3.8, 4) is 0 Å². The van der Waals surface area contributed by atoms with E-state index in [1.807, 2.05) is 13.8 Å². The van der Waals surface area contributed by atoms with Gasteiger partial charge < -0.3 is 10.6 Å². The molecule has 0 atom stereocenters. The third-order valence-corrected chi connectivity index (χ3v) is 2.98. The van der Waals surface area contributed by atoms with Crippen LogP contribution in [-0.2, 0) is 0 Å². The molecule has 0 aromatic heterocycles.